The summed E-state index contributed by atoms with van der Waals surface area (Å²) in [4.78, 5) is 25.7. The second-order valence-corrected chi connectivity index (χ2v) is 8.77. The van der Waals surface area contributed by atoms with Crippen molar-refractivity contribution >= 4 is 28.7 Å². The van der Waals surface area contributed by atoms with Crippen molar-refractivity contribution in [1.29, 1.82) is 0 Å². The van der Waals surface area contributed by atoms with E-state index in [2.05, 4.69) is 26.3 Å². The molecule has 4 aromatic rings. The van der Waals surface area contributed by atoms with Crippen molar-refractivity contribution in [3.8, 4) is 11.1 Å². The van der Waals surface area contributed by atoms with Crippen molar-refractivity contribution in [1.82, 2.24) is 14.4 Å². The molecule has 8 nitrogen and oxygen atoms in total. The predicted octanol–water partition coefficient (Wildman–Crippen LogP) is 4.00. The second kappa shape index (κ2) is 9.34. The van der Waals surface area contributed by atoms with Crippen LogP contribution in [0.2, 0.25) is 0 Å². The number of amides is 1. The first-order valence-corrected chi connectivity index (χ1v) is 11.5. The van der Waals surface area contributed by atoms with Crippen molar-refractivity contribution < 1.29 is 13.9 Å². The lowest BCUT2D eigenvalue weighted by Crippen LogP contribution is -2.36. The van der Waals surface area contributed by atoms with E-state index < -0.39 is 11.7 Å². The number of nitrogens with zero attached hydrogens (tertiary/aromatic N) is 5. The fraction of sp³-hybridized carbons (Fsp3) is 0.269. The van der Waals surface area contributed by atoms with Crippen molar-refractivity contribution in [3.05, 3.63) is 72.1 Å². The zero-order valence-electron chi connectivity index (χ0n) is 20.0. The number of aromatic nitrogens is 3. The molecule has 0 spiro atoms. The molecule has 1 saturated heterocycles. The van der Waals surface area contributed by atoms with E-state index in [1.165, 1.54) is 6.07 Å². The fourth-order valence-corrected chi connectivity index (χ4v) is 4.28. The van der Waals surface area contributed by atoms with Crippen LogP contribution in [0.4, 0.5) is 21.6 Å². The smallest absolute Gasteiger partial charge is 0.255 e. The predicted molar refractivity (Wildman–Crippen MR) is 135 cm³/mol. The molecular weight excluding hydrogens is 447 g/mol. The van der Waals surface area contributed by atoms with Crippen LogP contribution >= 0.6 is 0 Å². The number of aryl methyl sites for hydroxylation is 1. The number of fused-ring (bicyclic) bond motifs is 1. The molecule has 0 aliphatic carbocycles. The number of carbonyl (C=O) groups excluding carboxylic acids is 1. The van der Waals surface area contributed by atoms with Crippen LogP contribution in [0.15, 0.2) is 55.1 Å². The molecule has 1 aliphatic heterocycles. The number of imidazole rings is 1. The van der Waals surface area contributed by atoms with E-state index in [0.717, 1.165) is 41.1 Å². The largest absolute Gasteiger partial charge is 0.378 e. The van der Waals surface area contributed by atoms with E-state index in [1.807, 2.05) is 37.8 Å². The Balaban J connectivity index is 1.52. The van der Waals surface area contributed by atoms with Gasteiger partial charge in [0.15, 0.2) is 5.65 Å². The van der Waals surface area contributed by atoms with Gasteiger partial charge in [0.25, 0.3) is 5.91 Å². The Labute approximate surface area is 203 Å². The van der Waals surface area contributed by atoms with Crippen LogP contribution in [0.1, 0.15) is 15.9 Å². The molecule has 0 radical (unpaired) electrons. The van der Waals surface area contributed by atoms with Gasteiger partial charge in [0.2, 0.25) is 0 Å². The number of carbonyl (C=O) groups is 1. The van der Waals surface area contributed by atoms with Crippen molar-refractivity contribution in [2.24, 2.45) is 0 Å². The molecule has 0 atom stereocenters. The highest BCUT2D eigenvalue weighted by Crippen LogP contribution is 2.33. The van der Waals surface area contributed by atoms with E-state index in [1.54, 1.807) is 35.5 Å². The molecule has 35 heavy (non-hydrogen) atoms. The maximum absolute atomic E-state index is 14.9. The van der Waals surface area contributed by atoms with E-state index in [-0.39, 0.29) is 5.69 Å². The summed E-state index contributed by atoms with van der Waals surface area (Å²) in [6, 6.07) is 8.50. The molecule has 1 aliphatic rings. The normalized spacial score (nSPS) is 13.8. The lowest BCUT2D eigenvalue weighted by molar-refractivity contribution is 0.102. The summed E-state index contributed by atoms with van der Waals surface area (Å²) >= 11 is 0. The van der Waals surface area contributed by atoms with Gasteiger partial charge in [-0.1, -0.05) is 0 Å². The monoisotopic (exact) mass is 474 g/mol. The van der Waals surface area contributed by atoms with Gasteiger partial charge in [0.1, 0.15) is 11.6 Å². The zero-order chi connectivity index (χ0) is 24.5. The van der Waals surface area contributed by atoms with E-state index in [0.29, 0.717) is 24.6 Å². The molecule has 1 amide bonds. The molecule has 0 bridgehead atoms. The second-order valence-electron chi connectivity index (χ2n) is 8.77. The van der Waals surface area contributed by atoms with Gasteiger partial charge in [-0.05, 0) is 48.4 Å². The first kappa shape index (κ1) is 22.8. The van der Waals surface area contributed by atoms with Crippen LogP contribution in [0.5, 0.6) is 0 Å². The highest BCUT2D eigenvalue weighted by molar-refractivity contribution is 6.05. The van der Waals surface area contributed by atoms with Crippen molar-refractivity contribution in [3.63, 3.8) is 0 Å². The van der Waals surface area contributed by atoms with E-state index in [9.17, 15) is 9.18 Å². The van der Waals surface area contributed by atoms with Crippen LogP contribution in [0.3, 0.4) is 0 Å². The zero-order valence-corrected chi connectivity index (χ0v) is 20.0. The number of pyridine rings is 2. The summed E-state index contributed by atoms with van der Waals surface area (Å²) in [6.07, 6.45) is 7.21. The minimum absolute atomic E-state index is 0.123. The molecule has 1 N–H and O–H groups in total. The van der Waals surface area contributed by atoms with Gasteiger partial charge in [0.05, 0.1) is 24.6 Å². The number of anilines is 3. The van der Waals surface area contributed by atoms with Crippen LogP contribution in [-0.4, -0.2) is 60.7 Å². The van der Waals surface area contributed by atoms with Gasteiger partial charge in [-0.3, -0.25) is 4.79 Å². The maximum Gasteiger partial charge on any atom is 0.255 e. The average Bonchev–Trinajstić information content (AvgIpc) is 3.34. The van der Waals surface area contributed by atoms with Gasteiger partial charge in [0, 0.05) is 63.1 Å². The average molecular weight is 475 g/mol. The molecule has 4 heterocycles. The van der Waals surface area contributed by atoms with Crippen LogP contribution in [-0.2, 0) is 4.74 Å². The first-order valence-electron chi connectivity index (χ1n) is 11.5. The number of hydrogen-bond acceptors (Lipinski definition) is 6. The first-order chi connectivity index (χ1) is 16.9. The number of benzene rings is 1. The molecular formula is C26H27FN6O2. The highest BCUT2D eigenvalue weighted by atomic mass is 19.1. The maximum atomic E-state index is 14.9. The fourth-order valence-electron chi connectivity index (χ4n) is 4.28. The summed E-state index contributed by atoms with van der Waals surface area (Å²) in [5.74, 6) is -0.242. The summed E-state index contributed by atoms with van der Waals surface area (Å²) < 4.78 is 22.4. The Kier molecular flexibility index (Phi) is 6.08. The SMILES string of the molecule is Cc1cc(F)c(NC(=O)c2ccnc(N(C)C)c2)cc1-c1cc(N2CCOCC2)c2nccn2c1. The molecule has 1 fully saturated rings. The molecule has 180 valence electrons. The Morgan fingerprint density at radius 1 is 1.11 bits per heavy atom. The third-order valence-corrected chi connectivity index (χ3v) is 6.16. The van der Waals surface area contributed by atoms with Crippen LogP contribution in [0.25, 0.3) is 16.8 Å². The summed E-state index contributed by atoms with van der Waals surface area (Å²) in [5.41, 5.74) is 4.89. The Morgan fingerprint density at radius 3 is 2.69 bits per heavy atom. The molecule has 0 saturated carbocycles. The van der Waals surface area contributed by atoms with Crippen molar-refractivity contribution in [2.45, 2.75) is 6.92 Å². The minimum Gasteiger partial charge on any atom is -0.378 e. The molecule has 3 aromatic heterocycles. The summed E-state index contributed by atoms with van der Waals surface area (Å²) in [6.45, 7) is 4.73. The quantitative estimate of drug-likeness (QED) is 0.471. The summed E-state index contributed by atoms with van der Waals surface area (Å²) in [5, 5.41) is 2.73. The van der Waals surface area contributed by atoms with E-state index >= 15 is 0 Å². The van der Waals surface area contributed by atoms with Gasteiger partial charge >= 0.3 is 0 Å². The number of halogens is 1. The van der Waals surface area contributed by atoms with E-state index in [4.69, 9.17) is 4.74 Å². The number of ether oxygens (including phenoxy) is 1. The van der Waals surface area contributed by atoms with Crippen molar-refractivity contribution in [2.75, 3.05) is 55.5 Å². The third kappa shape index (κ3) is 4.54. The van der Waals surface area contributed by atoms with Gasteiger partial charge < -0.3 is 24.3 Å². The molecule has 5 rings (SSSR count). The van der Waals surface area contributed by atoms with Gasteiger partial charge in [-0.25, -0.2) is 14.4 Å². The minimum atomic E-state index is -0.487. The number of hydrogen-bond donors (Lipinski definition) is 1. The van der Waals surface area contributed by atoms with Gasteiger partial charge in [-0.2, -0.15) is 0 Å². The van der Waals surface area contributed by atoms with Crippen LogP contribution < -0.4 is 15.1 Å². The lowest BCUT2D eigenvalue weighted by Gasteiger charge is -2.29. The molecule has 0 unspecified atom stereocenters. The molecule has 1 aromatic carbocycles. The Morgan fingerprint density at radius 2 is 1.91 bits per heavy atom. The topological polar surface area (TPSA) is 75.0 Å². The highest BCUT2D eigenvalue weighted by Gasteiger charge is 2.19. The summed E-state index contributed by atoms with van der Waals surface area (Å²) in [7, 11) is 3.69. The Bertz CT molecular complexity index is 1390. The third-order valence-electron chi connectivity index (χ3n) is 6.16. The Hall–Kier alpha value is -3.98. The van der Waals surface area contributed by atoms with Crippen LogP contribution in [0, 0.1) is 12.7 Å². The standard InChI is InChI=1S/C26H27FN6O2/c1-17-12-21(27)22(30-26(34)18-4-5-28-24(14-18)31(2)3)15-20(17)19-13-23(32-8-10-35-11-9-32)25-29-6-7-33(25)16-19/h4-7,12-16H,8-11H2,1-3H3,(H,30,34). The number of morpholine rings is 1. The number of rotatable bonds is 5. The number of nitrogens with one attached hydrogen (secondary N) is 1. The molecule has 9 heteroatoms. The van der Waals surface area contributed by atoms with Gasteiger partial charge in [-0.15, -0.1) is 0 Å². The lowest BCUT2D eigenvalue weighted by atomic mass is 10.00.